The van der Waals surface area contributed by atoms with Gasteiger partial charge in [0.25, 0.3) is 0 Å². The molecule has 3 rings (SSSR count). The Hall–Kier alpha value is -1.36. The number of carbonyl (C=O) groups is 1. The van der Waals surface area contributed by atoms with Gasteiger partial charge in [0.1, 0.15) is 0 Å². The Morgan fingerprint density at radius 2 is 2.11 bits per heavy atom. The van der Waals surface area contributed by atoms with E-state index in [2.05, 4.69) is 16.5 Å². The van der Waals surface area contributed by atoms with Gasteiger partial charge in [0.15, 0.2) is 0 Å². The lowest BCUT2D eigenvalue weighted by Crippen LogP contribution is -2.53. The van der Waals surface area contributed by atoms with Gasteiger partial charge >= 0.3 is 0 Å². The highest BCUT2D eigenvalue weighted by molar-refractivity contribution is 5.80. The quantitative estimate of drug-likeness (QED) is 0.821. The summed E-state index contributed by atoms with van der Waals surface area (Å²) in [5.41, 5.74) is 1.30. The molecule has 5 heteroatoms. The Morgan fingerprint density at radius 1 is 1.39 bits per heavy atom. The molecule has 1 aromatic rings. The van der Waals surface area contributed by atoms with Gasteiger partial charge in [-0.2, -0.15) is 5.10 Å². The van der Waals surface area contributed by atoms with E-state index in [9.17, 15) is 4.79 Å². The van der Waals surface area contributed by atoms with E-state index in [1.54, 1.807) is 0 Å². The minimum absolute atomic E-state index is 0.234. The first-order valence-corrected chi connectivity index (χ1v) is 6.73. The van der Waals surface area contributed by atoms with Gasteiger partial charge in [-0.05, 0) is 18.9 Å². The van der Waals surface area contributed by atoms with Crippen molar-refractivity contribution in [3.05, 3.63) is 18.0 Å². The number of aryl methyl sites for hydroxylation is 1. The van der Waals surface area contributed by atoms with Gasteiger partial charge in [-0.15, -0.1) is 0 Å². The largest absolute Gasteiger partial charge is 0.342 e. The molecule has 0 aromatic carbocycles. The molecule has 2 aliphatic rings. The lowest BCUT2D eigenvalue weighted by atomic mass is 9.92. The molecular weight excluding hydrogens is 228 g/mol. The van der Waals surface area contributed by atoms with E-state index >= 15 is 0 Å². The van der Waals surface area contributed by atoms with Crippen LogP contribution in [0.2, 0.25) is 0 Å². The second kappa shape index (κ2) is 4.72. The van der Waals surface area contributed by atoms with Crippen molar-refractivity contribution < 1.29 is 4.79 Å². The number of piperidine rings is 1. The summed E-state index contributed by atoms with van der Waals surface area (Å²) in [4.78, 5) is 14.1. The molecule has 0 spiro atoms. The highest BCUT2D eigenvalue weighted by atomic mass is 16.2. The van der Waals surface area contributed by atoms with Crippen molar-refractivity contribution in [1.29, 1.82) is 0 Å². The smallest absolute Gasteiger partial charge is 0.228 e. The zero-order chi connectivity index (χ0) is 12.5. The van der Waals surface area contributed by atoms with Crippen LogP contribution in [0, 0.1) is 5.92 Å². The van der Waals surface area contributed by atoms with Crippen molar-refractivity contribution in [2.45, 2.75) is 18.8 Å². The maximum Gasteiger partial charge on any atom is 0.228 e. The van der Waals surface area contributed by atoms with Gasteiger partial charge in [-0.25, -0.2) is 0 Å². The van der Waals surface area contributed by atoms with Crippen LogP contribution in [0.4, 0.5) is 0 Å². The Balaban J connectivity index is 1.58. The zero-order valence-electron chi connectivity index (χ0n) is 10.8. The third-order valence-electron chi connectivity index (χ3n) is 4.21. The molecule has 98 valence electrons. The molecule has 0 atom stereocenters. The van der Waals surface area contributed by atoms with Gasteiger partial charge in [0.2, 0.25) is 5.91 Å². The highest BCUT2D eigenvalue weighted by Gasteiger charge is 2.32. The average Bonchev–Trinajstić information content (AvgIpc) is 2.73. The third kappa shape index (κ3) is 2.03. The number of rotatable bonds is 2. The summed E-state index contributed by atoms with van der Waals surface area (Å²) in [6.07, 6.45) is 3.98. The van der Waals surface area contributed by atoms with Crippen molar-refractivity contribution >= 4 is 5.91 Å². The molecule has 1 N–H and O–H groups in total. The predicted molar refractivity (Wildman–Crippen MR) is 68.1 cm³/mol. The molecule has 2 fully saturated rings. The molecule has 2 saturated heterocycles. The number of amides is 1. The van der Waals surface area contributed by atoms with E-state index < -0.39 is 0 Å². The van der Waals surface area contributed by atoms with Crippen molar-refractivity contribution in [3.8, 4) is 0 Å². The Morgan fingerprint density at radius 3 is 2.61 bits per heavy atom. The summed E-state index contributed by atoms with van der Waals surface area (Å²) in [5.74, 6) is 1.14. The maximum atomic E-state index is 12.1. The fourth-order valence-electron chi connectivity index (χ4n) is 2.90. The molecule has 18 heavy (non-hydrogen) atoms. The molecule has 1 aromatic heterocycles. The van der Waals surface area contributed by atoms with Crippen molar-refractivity contribution in [3.63, 3.8) is 0 Å². The molecule has 0 saturated carbocycles. The number of nitrogens with zero attached hydrogens (tertiary/aromatic N) is 3. The van der Waals surface area contributed by atoms with Gasteiger partial charge < -0.3 is 10.2 Å². The topological polar surface area (TPSA) is 50.2 Å². The third-order valence-corrected chi connectivity index (χ3v) is 4.21. The standard InChI is InChI=1S/C13H20N4O/c1-16-12(2-5-15-16)10-3-6-17(7-4-10)13(18)11-8-14-9-11/h2,5,10-11,14H,3-4,6-9H2,1H3. The van der Waals surface area contributed by atoms with E-state index in [1.165, 1.54) is 5.69 Å². The normalized spacial score (nSPS) is 21.9. The number of nitrogens with one attached hydrogen (secondary N) is 1. The first-order valence-electron chi connectivity index (χ1n) is 6.73. The van der Waals surface area contributed by atoms with E-state index in [-0.39, 0.29) is 5.92 Å². The predicted octanol–water partition coefficient (Wildman–Crippen LogP) is 0.345. The van der Waals surface area contributed by atoms with E-state index in [0.29, 0.717) is 11.8 Å². The summed E-state index contributed by atoms with van der Waals surface area (Å²) in [6.45, 7) is 3.51. The van der Waals surface area contributed by atoms with Crippen molar-refractivity contribution in [2.24, 2.45) is 13.0 Å². The molecule has 0 aliphatic carbocycles. The maximum absolute atomic E-state index is 12.1. The summed E-state index contributed by atoms with van der Waals surface area (Å²) >= 11 is 0. The van der Waals surface area contributed by atoms with Crippen LogP contribution in [0.25, 0.3) is 0 Å². The Kier molecular flexibility index (Phi) is 3.07. The lowest BCUT2D eigenvalue weighted by molar-refractivity contribution is -0.138. The number of hydrogen-bond donors (Lipinski definition) is 1. The second-order valence-electron chi connectivity index (χ2n) is 5.33. The Bertz CT molecular complexity index is 430. The number of carbonyl (C=O) groups excluding carboxylic acids is 1. The molecule has 1 amide bonds. The van der Waals surface area contributed by atoms with Gasteiger partial charge in [-0.3, -0.25) is 9.48 Å². The monoisotopic (exact) mass is 248 g/mol. The van der Waals surface area contributed by atoms with Crippen LogP contribution >= 0.6 is 0 Å². The van der Waals surface area contributed by atoms with Crippen molar-refractivity contribution in [2.75, 3.05) is 26.2 Å². The van der Waals surface area contributed by atoms with Crippen LogP contribution in [0.15, 0.2) is 12.3 Å². The van der Waals surface area contributed by atoms with E-state index in [4.69, 9.17) is 0 Å². The van der Waals surface area contributed by atoms with Crippen LogP contribution in [-0.4, -0.2) is 46.8 Å². The summed E-state index contributed by atoms with van der Waals surface area (Å²) in [6, 6.07) is 2.10. The van der Waals surface area contributed by atoms with Crippen LogP contribution in [0.5, 0.6) is 0 Å². The van der Waals surface area contributed by atoms with Crippen LogP contribution in [0.1, 0.15) is 24.5 Å². The SMILES string of the molecule is Cn1nccc1C1CCN(C(=O)C2CNC2)CC1. The molecular formula is C13H20N4O. The fraction of sp³-hybridized carbons (Fsp3) is 0.692. The van der Waals surface area contributed by atoms with Crippen LogP contribution in [0.3, 0.4) is 0 Å². The van der Waals surface area contributed by atoms with E-state index in [0.717, 1.165) is 39.0 Å². The molecule has 0 bridgehead atoms. The minimum atomic E-state index is 0.234. The number of hydrogen-bond acceptors (Lipinski definition) is 3. The number of aromatic nitrogens is 2. The van der Waals surface area contributed by atoms with Gasteiger partial charge in [0.05, 0.1) is 5.92 Å². The summed E-state index contributed by atoms with van der Waals surface area (Å²) in [7, 11) is 1.99. The lowest BCUT2D eigenvalue weighted by Gasteiger charge is -2.36. The molecule has 2 aliphatic heterocycles. The minimum Gasteiger partial charge on any atom is -0.342 e. The van der Waals surface area contributed by atoms with Gasteiger partial charge in [-0.1, -0.05) is 0 Å². The van der Waals surface area contributed by atoms with Crippen LogP contribution in [-0.2, 0) is 11.8 Å². The molecule has 0 radical (unpaired) electrons. The molecule has 0 unspecified atom stereocenters. The Labute approximate surface area is 107 Å². The fourth-order valence-corrected chi connectivity index (χ4v) is 2.90. The molecule has 5 nitrogen and oxygen atoms in total. The zero-order valence-corrected chi connectivity index (χ0v) is 10.8. The highest BCUT2D eigenvalue weighted by Crippen LogP contribution is 2.28. The van der Waals surface area contributed by atoms with Crippen molar-refractivity contribution in [1.82, 2.24) is 20.0 Å². The van der Waals surface area contributed by atoms with E-state index in [1.807, 2.05) is 22.8 Å². The second-order valence-corrected chi connectivity index (χ2v) is 5.33. The number of likely N-dealkylation sites (tertiary alicyclic amines) is 1. The first kappa shape index (κ1) is 11.7. The van der Waals surface area contributed by atoms with Crippen LogP contribution < -0.4 is 5.32 Å². The average molecular weight is 248 g/mol. The molecule has 3 heterocycles. The van der Waals surface area contributed by atoms with Gasteiger partial charge in [0, 0.05) is 51.0 Å². The first-order chi connectivity index (χ1) is 8.75. The summed E-state index contributed by atoms with van der Waals surface area (Å²) in [5, 5.41) is 7.39. The summed E-state index contributed by atoms with van der Waals surface area (Å²) < 4.78 is 1.96.